The van der Waals surface area contributed by atoms with E-state index in [4.69, 9.17) is 0 Å². The topological polar surface area (TPSA) is 8.82 Å². The maximum absolute atomic E-state index is 2.54. The van der Waals surface area contributed by atoms with E-state index in [9.17, 15) is 0 Å². The molecule has 0 aliphatic carbocycles. The Labute approximate surface area is 355 Å². The molecule has 0 spiro atoms. The van der Waals surface area contributed by atoms with Gasteiger partial charge in [0.05, 0.1) is 33.1 Å². The van der Waals surface area contributed by atoms with E-state index in [1.807, 2.05) is 0 Å². The van der Waals surface area contributed by atoms with Gasteiger partial charge in [-0.15, -0.1) is 0 Å². The molecule has 0 unspecified atom stereocenters. The molecule has 0 N–H and O–H groups in total. The number of rotatable bonds is 3. The highest BCUT2D eigenvalue weighted by Gasteiger charge is 2.24. The van der Waals surface area contributed by atoms with Crippen LogP contribution in [0.4, 0.5) is 0 Å². The molecule has 0 atom stereocenters. The average Bonchev–Trinajstić information content (AvgIpc) is 4.07. The number of benzene rings is 11. The first-order valence-corrected chi connectivity index (χ1v) is 21.6. The largest absolute Gasteiger partial charge is 0.307 e. The quantitative estimate of drug-likeness (QED) is 0.158. The normalized spacial score (nSPS) is 12.5. The van der Waals surface area contributed by atoms with Gasteiger partial charge in [0.15, 0.2) is 0 Å². The Balaban J connectivity index is 1.11. The van der Waals surface area contributed by atoms with Crippen molar-refractivity contribution in [3.8, 4) is 33.4 Å². The Morgan fingerprint density at radius 2 is 0.613 bits per heavy atom. The summed E-state index contributed by atoms with van der Waals surface area (Å²) in [6.45, 7) is 0. The summed E-state index contributed by atoms with van der Waals surface area (Å²) in [5.41, 5.74) is 15.1. The van der Waals surface area contributed by atoms with Crippen molar-refractivity contribution in [1.82, 2.24) is 8.80 Å². The maximum atomic E-state index is 2.54. The molecule has 15 rings (SSSR count). The van der Waals surface area contributed by atoms with E-state index in [1.54, 1.807) is 0 Å². The molecule has 0 saturated carbocycles. The van der Waals surface area contributed by atoms with Crippen LogP contribution >= 0.6 is 0 Å². The van der Waals surface area contributed by atoms with Gasteiger partial charge in [-0.3, -0.25) is 0 Å². The fourth-order valence-electron chi connectivity index (χ4n) is 11.7. The number of aromatic nitrogens is 2. The first-order chi connectivity index (χ1) is 30.8. The number of fused-ring (bicyclic) bond motifs is 15. The molecule has 11 aromatic carbocycles. The molecule has 0 amide bonds. The van der Waals surface area contributed by atoms with E-state index in [-0.39, 0.29) is 0 Å². The van der Waals surface area contributed by atoms with Gasteiger partial charge in [-0.1, -0.05) is 182 Å². The van der Waals surface area contributed by atoms with Crippen LogP contribution in [0.2, 0.25) is 0 Å². The minimum absolute atomic E-state index is 1.22. The lowest BCUT2D eigenvalue weighted by atomic mass is 9.85. The van der Waals surface area contributed by atoms with Crippen LogP contribution in [0.1, 0.15) is 0 Å². The lowest BCUT2D eigenvalue weighted by Gasteiger charge is -2.18. The molecule has 4 aromatic heterocycles. The summed E-state index contributed by atoms with van der Waals surface area (Å²) in [5.74, 6) is 0. The second kappa shape index (κ2) is 11.8. The van der Waals surface area contributed by atoms with Gasteiger partial charge in [0.2, 0.25) is 0 Å². The molecule has 284 valence electrons. The van der Waals surface area contributed by atoms with E-state index in [2.05, 4.69) is 215 Å². The first-order valence-electron chi connectivity index (χ1n) is 21.6. The Morgan fingerprint density at radius 3 is 1.15 bits per heavy atom. The highest BCUT2D eigenvalue weighted by Crippen LogP contribution is 2.49. The van der Waals surface area contributed by atoms with Crippen LogP contribution in [0.5, 0.6) is 0 Å². The summed E-state index contributed by atoms with van der Waals surface area (Å²) in [6.07, 6.45) is 0. The van der Waals surface area contributed by atoms with Gasteiger partial charge in [0, 0.05) is 54.2 Å². The Hall–Kier alpha value is -8.20. The second-order valence-corrected chi connectivity index (χ2v) is 17.1. The zero-order chi connectivity index (χ0) is 40.2. The van der Waals surface area contributed by atoms with Crippen LogP contribution in [0.25, 0.3) is 142 Å². The molecule has 15 aromatic rings. The minimum atomic E-state index is 1.22. The van der Waals surface area contributed by atoms with Crippen molar-refractivity contribution >= 4 is 109 Å². The average molecular weight is 783 g/mol. The predicted octanol–water partition coefficient (Wildman–Crippen LogP) is 16.4. The van der Waals surface area contributed by atoms with E-state index < -0.39 is 0 Å². The Morgan fingerprint density at radius 1 is 0.226 bits per heavy atom. The lowest BCUT2D eigenvalue weighted by Crippen LogP contribution is -1.93. The molecule has 0 aliphatic heterocycles. The van der Waals surface area contributed by atoms with E-state index in [0.717, 1.165) is 0 Å². The van der Waals surface area contributed by atoms with Gasteiger partial charge in [-0.05, 0) is 78.8 Å². The van der Waals surface area contributed by atoms with Crippen LogP contribution in [0, 0.1) is 0 Å². The fourth-order valence-corrected chi connectivity index (χ4v) is 11.7. The molecular weight excluding hydrogens is 749 g/mol. The van der Waals surface area contributed by atoms with Crippen LogP contribution < -0.4 is 0 Å². The molecule has 0 radical (unpaired) electrons. The summed E-state index contributed by atoms with van der Waals surface area (Å²) >= 11 is 0. The van der Waals surface area contributed by atoms with Crippen molar-refractivity contribution in [1.29, 1.82) is 0 Å². The Kier molecular flexibility index (Phi) is 6.18. The third-order valence-electron chi connectivity index (χ3n) is 14.1. The molecule has 2 heteroatoms. The third-order valence-corrected chi connectivity index (χ3v) is 14.1. The molecule has 0 saturated heterocycles. The van der Waals surface area contributed by atoms with Crippen molar-refractivity contribution in [2.75, 3.05) is 0 Å². The zero-order valence-electron chi connectivity index (χ0n) is 33.5. The van der Waals surface area contributed by atoms with Crippen molar-refractivity contribution < 1.29 is 0 Å². The summed E-state index contributed by atoms with van der Waals surface area (Å²) in [4.78, 5) is 0. The second-order valence-electron chi connectivity index (χ2n) is 17.1. The lowest BCUT2D eigenvalue weighted by molar-refractivity contribution is 1.37. The predicted molar refractivity (Wildman–Crippen MR) is 265 cm³/mol. The summed E-state index contributed by atoms with van der Waals surface area (Å²) < 4.78 is 5.07. The number of hydrogen-bond donors (Lipinski definition) is 0. The number of para-hydroxylation sites is 6. The highest BCUT2D eigenvalue weighted by molar-refractivity contribution is 6.29. The van der Waals surface area contributed by atoms with Crippen molar-refractivity contribution in [3.05, 3.63) is 206 Å². The Bertz CT molecular complexity index is 4150. The zero-order valence-corrected chi connectivity index (χ0v) is 33.5. The van der Waals surface area contributed by atoms with E-state index >= 15 is 0 Å². The van der Waals surface area contributed by atoms with Gasteiger partial charge in [-0.25, -0.2) is 0 Å². The van der Waals surface area contributed by atoms with Gasteiger partial charge in [-0.2, -0.15) is 0 Å². The van der Waals surface area contributed by atoms with Crippen LogP contribution in [-0.2, 0) is 0 Å². The number of hydrogen-bond acceptors (Lipinski definition) is 0. The molecule has 62 heavy (non-hydrogen) atoms. The number of nitrogens with zero attached hydrogens (tertiary/aromatic N) is 2. The first kappa shape index (κ1) is 32.6. The fraction of sp³-hybridized carbons (Fsp3) is 0. The third kappa shape index (κ3) is 4.04. The summed E-state index contributed by atoms with van der Waals surface area (Å²) in [6, 6.07) is 77.4. The van der Waals surface area contributed by atoms with Crippen LogP contribution in [0.15, 0.2) is 206 Å². The molecular formula is C60H34N2. The van der Waals surface area contributed by atoms with Gasteiger partial charge in [0.1, 0.15) is 0 Å². The van der Waals surface area contributed by atoms with Gasteiger partial charge in [0.25, 0.3) is 0 Å². The van der Waals surface area contributed by atoms with Crippen molar-refractivity contribution in [2.45, 2.75) is 0 Å². The highest BCUT2D eigenvalue weighted by atomic mass is 14.9. The maximum Gasteiger partial charge on any atom is 0.0620 e. The molecule has 0 aliphatic rings. The SMILES string of the molecule is c1ccc2cc(-c3c4cccc(-c5cccc6c7cccc8c9ccccc9n(c56)c87)c4cc4c(-c5cccc6c7cccc8c9ccccc9n(c56)c87)cccc34)ccc2c1. The monoisotopic (exact) mass is 782 g/mol. The van der Waals surface area contributed by atoms with Gasteiger partial charge >= 0.3 is 0 Å². The van der Waals surface area contributed by atoms with E-state index in [0.29, 0.717) is 0 Å². The molecule has 0 bridgehead atoms. The van der Waals surface area contributed by atoms with Crippen LogP contribution in [-0.4, -0.2) is 8.80 Å². The van der Waals surface area contributed by atoms with Crippen molar-refractivity contribution in [2.24, 2.45) is 0 Å². The standard InChI is InChI=1S/C60H34N2/c1-2-14-36-33-37(32-31-35(36)13-1)56-42-19-7-17-38(44-21-9-25-48-50-27-11-23-46-40-15-3-5-29-54(40)61(57(44)48)59(46)50)52(42)34-53-39(18-8-20-43(53)56)45-22-10-26-49-51-28-12-24-47-41-16-4-6-30-55(41)62(58(45)49)60(47)51/h1-34H. The summed E-state index contributed by atoms with van der Waals surface area (Å²) in [5, 5.41) is 17.8. The molecule has 2 nitrogen and oxygen atoms in total. The molecule has 4 heterocycles. The van der Waals surface area contributed by atoms with E-state index in [1.165, 1.54) is 142 Å². The van der Waals surface area contributed by atoms with Crippen molar-refractivity contribution in [3.63, 3.8) is 0 Å². The smallest absolute Gasteiger partial charge is 0.0620 e. The van der Waals surface area contributed by atoms with Gasteiger partial charge < -0.3 is 8.80 Å². The summed E-state index contributed by atoms with van der Waals surface area (Å²) in [7, 11) is 0. The minimum Gasteiger partial charge on any atom is -0.307 e. The van der Waals surface area contributed by atoms with Crippen LogP contribution in [0.3, 0.4) is 0 Å². The molecule has 0 fully saturated rings.